The van der Waals surface area contributed by atoms with Crippen molar-refractivity contribution in [2.24, 2.45) is 0 Å². The standard InChI is InChI=1S/C16H18O3/c1-15(2,3)19-16(11-17-16)14-10-9-13(18-14)12-7-5-4-6-8-12/h4-10H,11H2,1-3H3. The summed E-state index contributed by atoms with van der Waals surface area (Å²) in [6, 6.07) is 13.9. The van der Waals surface area contributed by atoms with E-state index in [1.54, 1.807) is 0 Å². The first-order chi connectivity index (χ1) is 8.99. The SMILES string of the molecule is CC(C)(C)OC1(c2ccc(-c3ccccc3)o2)CO1. The van der Waals surface area contributed by atoms with Crippen molar-refractivity contribution in [1.29, 1.82) is 0 Å². The van der Waals surface area contributed by atoms with Crippen LogP contribution in [-0.2, 0) is 15.3 Å². The molecule has 1 fully saturated rings. The molecule has 2 heterocycles. The number of ether oxygens (including phenoxy) is 2. The summed E-state index contributed by atoms with van der Waals surface area (Å²) in [7, 11) is 0. The Hall–Kier alpha value is -1.58. The van der Waals surface area contributed by atoms with E-state index in [-0.39, 0.29) is 5.60 Å². The quantitative estimate of drug-likeness (QED) is 0.782. The molecule has 0 N–H and O–H groups in total. The van der Waals surface area contributed by atoms with Gasteiger partial charge >= 0.3 is 0 Å². The van der Waals surface area contributed by atoms with Gasteiger partial charge in [-0.05, 0) is 32.9 Å². The third-order valence-corrected chi connectivity index (χ3v) is 2.92. The molecule has 3 nitrogen and oxygen atoms in total. The molecule has 19 heavy (non-hydrogen) atoms. The summed E-state index contributed by atoms with van der Waals surface area (Å²) in [6.45, 7) is 6.58. The highest BCUT2D eigenvalue weighted by Crippen LogP contribution is 2.44. The fourth-order valence-electron chi connectivity index (χ4n) is 2.11. The van der Waals surface area contributed by atoms with E-state index in [0.717, 1.165) is 17.1 Å². The average molecular weight is 258 g/mol. The normalized spacial score (nSPS) is 22.5. The van der Waals surface area contributed by atoms with E-state index in [1.165, 1.54) is 0 Å². The van der Waals surface area contributed by atoms with Crippen molar-refractivity contribution in [1.82, 2.24) is 0 Å². The minimum absolute atomic E-state index is 0.268. The molecule has 3 heteroatoms. The predicted molar refractivity (Wildman–Crippen MR) is 72.6 cm³/mol. The van der Waals surface area contributed by atoms with Gasteiger partial charge in [0.1, 0.15) is 12.4 Å². The molecule has 1 unspecified atom stereocenters. The third-order valence-electron chi connectivity index (χ3n) is 2.92. The first kappa shape index (κ1) is 12.5. The average Bonchev–Trinajstić information content (AvgIpc) is 2.94. The Labute approximate surface area is 113 Å². The minimum atomic E-state index is -0.689. The molecule has 1 saturated heterocycles. The highest BCUT2D eigenvalue weighted by atomic mass is 16.8. The molecule has 1 aliphatic rings. The molecular formula is C16H18O3. The zero-order valence-electron chi connectivity index (χ0n) is 11.5. The van der Waals surface area contributed by atoms with Crippen molar-refractivity contribution < 1.29 is 13.9 Å². The molecule has 2 aromatic rings. The van der Waals surface area contributed by atoms with E-state index >= 15 is 0 Å². The number of hydrogen-bond acceptors (Lipinski definition) is 3. The number of hydrogen-bond donors (Lipinski definition) is 0. The van der Waals surface area contributed by atoms with Crippen LogP contribution in [0, 0.1) is 0 Å². The van der Waals surface area contributed by atoms with Gasteiger partial charge in [-0.15, -0.1) is 0 Å². The summed E-state index contributed by atoms with van der Waals surface area (Å²) >= 11 is 0. The molecular weight excluding hydrogens is 240 g/mol. The zero-order valence-corrected chi connectivity index (χ0v) is 11.5. The maximum absolute atomic E-state index is 5.96. The van der Waals surface area contributed by atoms with E-state index < -0.39 is 5.79 Å². The number of epoxide rings is 1. The first-order valence-corrected chi connectivity index (χ1v) is 6.48. The second-order valence-corrected chi connectivity index (χ2v) is 5.79. The molecule has 0 bridgehead atoms. The molecule has 0 radical (unpaired) electrons. The number of furan rings is 1. The van der Waals surface area contributed by atoms with Crippen molar-refractivity contribution in [3.63, 3.8) is 0 Å². The zero-order chi connectivity index (χ0) is 13.5. The van der Waals surface area contributed by atoms with Crippen LogP contribution in [0.5, 0.6) is 0 Å². The first-order valence-electron chi connectivity index (χ1n) is 6.48. The maximum atomic E-state index is 5.96. The lowest BCUT2D eigenvalue weighted by atomic mass is 10.1. The van der Waals surface area contributed by atoms with Gasteiger partial charge in [0.15, 0.2) is 5.76 Å². The van der Waals surface area contributed by atoms with Crippen LogP contribution in [0.25, 0.3) is 11.3 Å². The van der Waals surface area contributed by atoms with Crippen LogP contribution in [0.1, 0.15) is 26.5 Å². The van der Waals surface area contributed by atoms with Gasteiger partial charge < -0.3 is 13.9 Å². The van der Waals surface area contributed by atoms with Gasteiger partial charge in [0.05, 0.1) is 5.60 Å². The fourth-order valence-corrected chi connectivity index (χ4v) is 2.11. The minimum Gasteiger partial charge on any atom is -0.455 e. The summed E-state index contributed by atoms with van der Waals surface area (Å²) in [5.74, 6) is 0.884. The van der Waals surface area contributed by atoms with Crippen molar-refractivity contribution >= 4 is 0 Å². The van der Waals surface area contributed by atoms with Gasteiger partial charge in [0.2, 0.25) is 0 Å². The van der Waals surface area contributed by atoms with Gasteiger partial charge in [-0.1, -0.05) is 30.3 Å². The van der Waals surface area contributed by atoms with Gasteiger partial charge in [-0.25, -0.2) is 0 Å². The molecule has 1 aliphatic heterocycles. The predicted octanol–water partition coefficient (Wildman–Crippen LogP) is 3.94. The van der Waals surface area contributed by atoms with Gasteiger partial charge in [0, 0.05) is 5.56 Å². The van der Waals surface area contributed by atoms with Crippen LogP contribution < -0.4 is 0 Å². The second-order valence-electron chi connectivity index (χ2n) is 5.79. The van der Waals surface area contributed by atoms with Crippen LogP contribution in [-0.4, -0.2) is 12.2 Å². The van der Waals surface area contributed by atoms with Crippen LogP contribution in [0.4, 0.5) is 0 Å². The van der Waals surface area contributed by atoms with E-state index in [9.17, 15) is 0 Å². The lowest BCUT2D eigenvalue weighted by Crippen LogP contribution is -2.28. The highest BCUT2D eigenvalue weighted by Gasteiger charge is 2.53. The topological polar surface area (TPSA) is 34.9 Å². The Morgan fingerprint density at radius 3 is 2.32 bits per heavy atom. The molecule has 3 rings (SSSR count). The van der Waals surface area contributed by atoms with E-state index in [1.807, 2.05) is 63.2 Å². The molecule has 0 amide bonds. The van der Waals surface area contributed by atoms with Crippen LogP contribution >= 0.6 is 0 Å². The van der Waals surface area contributed by atoms with Crippen LogP contribution in [0.2, 0.25) is 0 Å². The molecule has 0 aliphatic carbocycles. The van der Waals surface area contributed by atoms with Crippen molar-refractivity contribution in [2.75, 3.05) is 6.61 Å². The summed E-state index contributed by atoms with van der Waals surface area (Å²) in [5, 5.41) is 0. The number of rotatable bonds is 3. The van der Waals surface area contributed by atoms with E-state index in [4.69, 9.17) is 13.9 Å². The second kappa shape index (κ2) is 4.22. The van der Waals surface area contributed by atoms with Crippen molar-refractivity contribution in [3.8, 4) is 11.3 Å². The Balaban J connectivity index is 1.86. The Morgan fingerprint density at radius 2 is 1.74 bits per heavy atom. The monoisotopic (exact) mass is 258 g/mol. The molecule has 100 valence electrons. The van der Waals surface area contributed by atoms with Gasteiger partial charge in [0.25, 0.3) is 5.79 Å². The smallest absolute Gasteiger partial charge is 0.253 e. The highest BCUT2D eigenvalue weighted by molar-refractivity contribution is 5.57. The van der Waals surface area contributed by atoms with Crippen molar-refractivity contribution in [3.05, 3.63) is 48.2 Å². The largest absolute Gasteiger partial charge is 0.455 e. The number of benzene rings is 1. The third kappa shape index (κ3) is 2.57. The summed E-state index contributed by atoms with van der Waals surface area (Å²) < 4.78 is 17.3. The fraction of sp³-hybridized carbons (Fsp3) is 0.375. The molecule has 0 spiro atoms. The molecule has 1 aromatic heterocycles. The Kier molecular flexibility index (Phi) is 2.77. The summed E-state index contributed by atoms with van der Waals surface area (Å²) in [4.78, 5) is 0. The van der Waals surface area contributed by atoms with Gasteiger partial charge in [-0.2, -0.15) is 0 Å². The van der Waals surface area contributed by atoms with Crippen LogP contribution in [0.3, 0.4) is 0 Å². The lowest BCUT2D eigenvalue weighted by Gasteiger charge is -2.23. The molecule has 1 atom stereocenters. The van der Waals surface area contributed by atoms with E-state index in [0.29, 0.717) is 6.61 Å². The summed E-state index contributed by atoms with van der Waals surface area (Å²) in [5.41, 5.74) is 0.788. The van der Waals surface area contributed by atoms with Crippen LogP contribution in [0.15, 0.2) is 46.9 Å². The molecule has 1 aromatic carbocycles. The molecule has 0 saturated carbocycles. The Morgan fingerprint density at radius 1 is 1.05 bits per heavy atom. The summed E-state index contributed by atoms with van der Waals surface area (Å²) in [6.07, 6.45) is 0. The van der Waals surface area contributed by atoms with Crippen molar-refractivity contribution in [2.45, 2.75) is 32.2 Å². The van der Waals surface area contributed by atoms with Gasteiger partial charge in [-0.3, -0.25) is 0 Å². The maximum Gasteiger partial charge on any atom is 0.253 e. The van der Waals surface area contributed by atoms with E-state index in [2.05, 4.69) is 0 Å². The lowest BCUT2D eigenvalue weighted by molar-refractivity contribution is -0.141. The Bertz CT molecular complexity index is 559.